The summed E-state index contributed by atoms with van der Waals surface area (Å²) < 4.78 is 0. The van der Waals surface area contributed by atoms with Crippen LogP contribution in [0.5, 0.6) is 0 Å². The van der Waals surface area contributed by atoms with Crippen LogP contribution in [0.2, 0.25) is 0 Å². The quantitative estimate of drug-likeness (QED) is 0.686. The predicted octanol–water partition coefficient (Wildman–Crippen LogP) is 2.48. The molecule has 20 heavy (non-hydrogen) atoms. The van der Waals surface area contributed by atoms with Crippen molar-refractivity contribution in [3.8, 4) is 0 Å². The summed E-state index contributed by atoms with van der Waals surface area (Å²) in [4.78, 5) is 26.1. The zero-order valence-electron chi connectivity index (χ0n) is 12.0. The van der Waals surface area contributed by atoms with Gasteiger partial charge in [-0.25, -0.2) is 0 Å². The van der Waals surface area contributed by atoms with Gasteiger partial charge in [0.2, 0.25) is 5.91 Å². The van der Waals surface area contributed by atoms with Crippen molar-refractivity contribution in [2.75, 3.05) is 19.1 Å². The molecular weight excluding hydrogens is 270 g/mol. The van der Waals surface area contributed by atoms with E-state index in [9.17, 15) is 9.59 Å². The van der Waals surface area contributed by atoms with E-state index in [0.29, 0.717) is 6.54 Å². The van der Waals surface area contributed by atoms with Gasteiger partial charge in [-0.3, -0.25) is 9.59 Å². The van der Waals surface area contributed by atoms with Gasteiger partial charge in [-0.1, -0.05) is 30.3 Å². The number of likely N-dealkylation sites (tertiary alicyclic amines) is 1. The van der Waals surface area contributed by atoms with Crippen molar-refractivity contribution in [2.45, 2.75) is 18.9 Å². The number of carbonyl (C=O) groups is 2. The topological polar surface area (TPSA) is 37.4 Å². The molecule has 1 heterocycles. The molecule has 1 amide bonds. The molecule has 0 radical (unpaired) electrons. The molecule has 0 N–H and O–H groups in total. The van der Waals surface area contributed by atoms with Crippen molar-refractivity contribution >= 4 is 28.0 Å². The molecule has 108 valence electrons. The first-order valence-corrected chi connectivity index (χ1v) is 9.08. The fraction of sp³-hybridized carbons (Fsp3) is 0.375. The molecule has 1 saturated heterocycles. The van der Waals surface area contributed by atoms with Gasteiger partial charge in [-0.05, 0) is 37.0 Å². The van der Waals surface area contributed by atoms with E-state index in [1.807, 2.05) is 48.9 Å². The Bertz CT molecular complexity index is 510. The first kappa shape index (κ1) is 14.9. The first-order chi connectivity index (χ1) is 9.59. The lowest BCUT2D eigenvalue weighted by Gasteiger charge is -2.24. The SMILES string of the molecule is C[SH](C)C(=O)[C@@H]1CCCN1C(=O)/C=C/c1ccccc1. The highest BCUT2D eigenvalue weighted by Gasteiger charge is 2.33. The number of carbonyl (C=O) groups excluding carboxylic acids is 2. The number of hydrogen-bond donors (Lipinski definition) is 1. The molecule has 1 fully saturated rings. The van der Waals surface area contributed by atoms with E-state index in [4.69, 9.17) is 0 Å². The first-order valence-electron chi connectivity index (χ1n) is 6.84. The summed E-state index contributed by atoms with van der Waals surface area (Å²) in [5.41, 5.74) is 0.996. The second kappa shape index (κ2) is 6.75. The Balaban J connectivity index is 2.05. The van der Waals surface area contributed by atoms with Gasteiger partial charge in [0.25, 0.3) is 0 Å². The van der Waals surface area contributed by atoms with Crippen molar-refractivity contribution in [3.05, 3.63) is 42.0 Å². The van der Waals surface area contributed by atoms with E-state index in [-0.39, 0.29) is 17.1 Å². The maximum absolute atomic E-state index is 12.3. The van der Waals surface area contributed by atoms with E-state index in [1.165, 1.54) is 0 Å². The Kier molecular flexibility index (Phi) is 5.01. The summed E-state index contributed by atoms with van der Waals surface area (Å²) in [5.74, 6) is -0.0541. The van der Waals surface area contributed by atoms with Gasteiger partial charge >= 0.3 is 0 Å². The highest BCUT2D eigenvalue weighted by molar-refractivity contribution is 8.28. The Labute approximate surface area is 123 Å². The molecule has 1 aliphatic rings. The third-order valence-electron chi connectivity index (χ3n) is 3.48. The molecule has 1 aromatic rings. The molecule has 0 bridgehead atoms. The van der Waals surface area contributed by atoms with Crippen molar-refractivity contribution in [3.63, 3.8) is 0 Å². The molecular formula is C16H21NO2S. The second-order valence-corrected chi connectivity index (χ2v) is 7.40. The molecule has 4 heteroatoms. The summed E-state index contributed by atoms with van der Waals surface area (Å²) in [6, 6.07) is 9.52. The minimum atomic E-state index is -0.634. The summed E-state index contributed by atoms with van der Waals surface area (Å²) in [7, 11) is -0.634. The van der Waals surface area contributed by atoms with Crippen LogP contribution in [-0.4, -0.2) is 41.0 Å². The van der Waals surface area contributed by atoms with Crippen LogP contribution in [0.25, 0.3) is 6.08 Å². The van der Waals surface area contributed by atoms with Gasteiger partial charge in [0.1, 0.15) is 0 Å². The largest absolute Gasteiger partial charge is 0.328 e. The van der Waals surface area contributed by atoms with Crippen LogP contribution in [0.4, 0.5) is 0 Å². The monoisotopic (exact) mass is 291 g/mol. The van der Waals surface area contributed by atoms with Crippen molar-refractivity contribution < 1.29 is 9.59 Å². The highest BCUT2D eigenvalue weighted by atomic mass is 32.2. The molecule has 0 saturated carbocycles. The number of nitrogens with zero attached hydrogens (tertiary/aromatic N) is 1. The van der Waals surface area contributed by atoms with Crippen LogP contribution in [0, 0.1) is 0 Å². The zero-order valence-corrected chi connectivity index (χ0v) is 12.8. The Hall–Kier alpha value is -1.55. The summed E-state index contributed by atoms with van der Waals surface area (Å²) >= 11 is 0. The van der Waals surface area contributed by atoms with Gasteiger partial charge in [0.15, 0.2) is 5.12 Å². The fourth-order valence-corrected chi connectivity index (χ4v) is 3.28. The van der Waals surface area contributed by atoms with Crippen molar-refractivity contribution in [1.29, 1.82) is 0 Å². The minimum absolute atomic E-state index is 0.0541. The van der Waals surface area contributed by atoms with Crippen LogP contribution in [0.15, 0.2) is 36.4 Å². The third kappa shape index (κ3) is 3.51. The van der Waals surface area contributed by atoms with E-state index >= 15 is 0 Å². The molecule has 0 spiro atoms. The van der Waals surface area contributed by atoms with Crippen LogP contribution in [0.3, 0.4) is 0 Å². The van der Waals surface area contributed by atoms with E-state index < -0.39 is 10.9 Å². The predicted molar refractivity (Wildman–Crippen MR) is 86.1 cm³/mol. The highest BCUT2D eigenvalue weighted by Crippen LogP contribution is 2.27. The minimum Gasteiger partial charge on any atom is -0.328 e. The Morgan fingerprint density at radius 1 is 1.25 bits per heavy atom. The molecule has 1 atom stereocenters. The summed E-state index contributed by atoms with van der Waals surface area (Å²) in [6.07, 6.45) is 9.03. The zero-order chi connectivity index (χ0) is 14.5. The number of amides is 1. The molecule has 1 aromatic carbocycles. The smallest absolute Gasteiger partial charge is 0.247 e. The van der Waals surface area contributed by atoms with E-state index in [1.54, 1.807) is 11.0 Å². The summed E-state index contributed by atoms with van der Waals surface area (Å²) in [6.45, 7) is 0.692. The van der Waals surface area contributed by atoms with Crippen molar-refractivity contribution in [2.24, 2.45) is 0 Å². The molecule has 0 unspecified atom stereocenters. The van der Waals surface area contributed by atoms with Gasteiger partial charge in [-0.2, -0.15) is 10.9 Å². The Morgan fingerprint density at radius 2 is 1.95 bits per heavy atom. The van der Waals surface area contributed by atoms with Gasteiger partial charge in [0.05, 0.1) is 6.04 Å². The van der Waals surface area contributed by atoms with Crippen LogP contribution >= 0.6 is 10.9 Å². The average molecular weight is 291 g/mol. The second-order valence-electron chi connectivity index (χ2n) is 5.17. The lowest BCUT2D eigenvalue weighted by Crippen LogP contribution is -2.39. The third-order valence-corrected chi connectivity index (χ3v) is 4.66. The maximum Gasteiger partial charge on any atom is 0.247 e. The molecule has 3 nitrogen and oxygen atoms in total. The molecule has 0 aromatic heterocycles. The normalized spacial score (nSPS) is 19.4. The number of thiol groups is 1. The molecule has 0 aliphatic carbocycles. The maximum atomic E-state index is 12.3. The molecule has 2 rings (SSSR count). The molecule has 1 aliphatic heterocycles. The Morgan fingerprint density at radius 3 is 2.60 bits per heavy atom. The standard InChI is InChI=1S/C16H21NO2S/c1-20(2)16(19)14-9-6-12-17(14)15(18)11-10-13-7-4-3-5-8-13/h3-5,7-8,10-11,14,20H,6,9,12H2,1-2H3/b11-10+/t14-/m0/s1. The van der Waals surface area contributed by atoms with Crippen LogP contribution in [-0.2, 0) is 9.59 Å². The van der Waals surface area contributed by atoms with Crippen molar-refractivity contribution in [1.82, 2.24) is 4.90 Å². The van der Waals surface area contributed by atoms with Gasteiger partial charge < -0.3 is 4.90 Å². The number of benzene rings is 1. The number of hydrogen-bond acceptors (Lipinski definition) is 2. The van der Waals surface area contributed by atoms with Crippen LogP contribution in [0.1, 0.15) is 18.4 Å². The summed E-state index contributed by atoms with van der Waals surface area (Å²) in [5, 5.41) is 0.235. The van der Waals surface area contributed by atoms with Gasteiger partial charge in [-0.15, -0.1) is 0 Å². The lowest BCUT2D eigenvalue weighted by molar-refractivity contribution is -0.130. The lowest BCUT2D eigenvalue weighted by atomic mass is 10.2. The van der Waals surface area contributed by atoms with E-state index in [0.717, 1.165) is 18.4 Å². The average Bonchev–Trinajstić information content (AvgIpc) is 2.94. The van der Waals surface area contributed by atoms with E-state index in [2.05, 4.69) is 0 Å². The van der Waals surface area contributed by atoms with Crippen LogP contribution < -0.4 is 0 Å². The number of rotatable bonds is 3. The fourth-order valence-electron chi connectivity index (χ4n) is 2.41. The van der Waals surface area contributed by atoms with Gasteiger partial charge in [0, 0.05) is 12.6 Å².